The summed E-state index contributed by atoms with van der Waals surface area (Å²) in [6, 6.07) is 0. The zero-order valence-electron chi connectivity index (χ0n) is 21.2. The molecule has 0 amide bonds. The van der Waals surface area contributed by atoms with Crippen LogP contribution < -0.4 is 0 Å². The minimum Gasteiger partial charge on any atom is -0.465 e. The van der Waals surface area contributed by atoms with Gasteiger partial charge in [0.25, 0.3) is 0 Å². The summed E-state index contributed by atoms with van der Waals surface area (Å²) in [6.07, 6.45) is 9.55. The number of aliphatic hydroxyl groups is 2. The molecule has 3 saturated carbocycles. The lowest BCUT2D eigenvalue weighted by Crippen LogP contribution is -2.50. The number of aliphatic hydroxyl groups excluding tert-OH is 2. The Morgan fingerprint density at radius 2 is 1.72 bits per heavy atom. The molecule has 32 heavy (non-hydrogen) atoms. The number of esters is 1. The maximum Gasteiger partial charge on any atom is 0.309 e. The lowest BCUT2D eigenvalue weighted by Gasteiger charge is -2.54. The van der Waals surface area contributed by atoms with Gasteiger partial charge in [-0.2, -0.15) is 0 Å². The number of fused-ring (bicyclic) bond motifs is 5. The van der Waals surface area contributed by atoms with E-state index < -0.39 is 12.2 Å². The Balaban J connectivity index is 1.51. The molecule has 4 aliphatic rings. The fraction of sp³-hybridized carbons (Fsp3) is 0.964. The minimum atomic E-state index is -0.646. The summed E-state index contributed by atoms with van der Waals surface area (Å²) in [5.74, 6) is 2.72. The molecule has 0 spiro atoms. The van der Waals surface area contributed by atoms with E-state index in [1.54, 1.807) is 0 Å². The Morgan fingerprint density at radius 1 is 1.00 bits per heavy atom. The Bertz CT molecular complexity index is 676. The van der Waals surface area contributed by atoms with Crippen molar-refractivity contribution in [1.29, 1.82) is 0 Å². The van der Waals surface area contributed by atoms with Gasteiger partial charge in [0.1, 0.15) is 0 Å². The van der Waals surface area contributed by atoms with Crippen molar-refractivity contribution in [1.82, 2.24) is 0 Å². The molecule has 4 heteroatoms. The van der Waals surface area contributed by atoms with Crippen molar-refractivity contribution in [2.24, 2.45) is 52.3 Å². The lowest BCUT2D eigenvalue weighted by atomic mass is 9.49. The van der Waals surface area contributed by atoms with E-state index in [9.17, 15) is 15.0 Å². The first-order valence-electron chi connectivity index (χ1n) is 13.7. The molecule has 0 bridgehead atoms. The second-order valence-corrected chi connectivity index (χ2v) is 12.7. The van der Waals surface area contributed by atoms with Gasteiger partial charge in [-0.05, 0) is 91.3 Å². The van der Waals surface area contributed by atoms with Crippen LogP contribution >= 0.6 is 0 Å². The minimum absolute atomic E-state index is 0.0655. The van der Waals surface area contributed by atoms with Gasteiger partial charge in [-0.25, -0.2) is 0 Å². The van der Waals surface area contributed by atoms with Crippen molar-refractivity contribution in [3.05, 3.63) is 0 Å². The summed E-state index contributed by atoms with van der Waals surface area (Å²) in [5, 5.41) is 21.9. The second-order valence-electron chi connectivity index (χ2n) is 12.7. The van der Waals surface area contributed by atoms with E-state index in [-0.39, 0.29) is 28.6 Å². The quantitative estimate of drug-likeness (QED) is 0.520. The highest BCUT2D eigenvalue weighted by Crippen LogP contribution is 2.65. The van der Waals surface area contributed by atoms with E-state index in [2.05, 4.69) is 34.6 Å². The molecule has 0 aromatic heterocycles. The number of carbonyl (C=O) groups is 1. The van der Waals surface area contributed by atoms with Crippen LogP contribution in [0.4, 0.5) is 0 Å². The Hall–Kier alpha value is -0.610. The molecule has 0 radical (unpaired) electrons. The van der Waals surface area contributed by atoms with Gasteiger partial charge in [0.2, 0.25) is 0 Å². The monoisotopic (exact) mass is 448 g/mol. The van der Waals surface area contributed by atoms with Crippen LogP contribution in [0.1, 0.15) is 98.8 Å². The van der Waals surface area contributed by atoms with Gasteiger partial charge in [-0.1, -0.05) is 53.9 Å². The standard InChI is InChI=1S/C28H48O4/c1-6-19(17(2)3)25(30)24(29)15-18-10-11-21-20-16-32-26(31)23-9-7-8-13-28(23,5)22(20)12-14-27(18,21)4/h17-25,29-30H,6-16H2,1-5H3. The van der Waals surface area contributed by atoms with E-state index in [0.29, 0.717) is 42.6 Å². The maximum atomic E-state index is 12.9. The van der Waals surface area contributed by atoms with Crippen molar-refractivity contribution in [3.63, 3.8) is 0 Å². The SMILES string of the molecule is CCC(C(C)C)C(O)C(O)CC1CCC2C3COC(=O)C4CCCCC4(C)C3CCC12C. The van der Waals surface area contributed by atoms with Crippen LogP contribution in [0.3, 0.4) is 0 Å². The van der Waals surface area contributed by atoms with Crippen LogP contribution in [0.5, 0.6) is 0 Å². The number of rotatable bonds is 6. The first-order valence-corrected chi connectivity index (χ1v) is 13.7. The smallest absolute Gasteiger partial charge is 0.309 e. The maximum absolute atomic E-state index is 12.9. The van der Waals surface area contributed by atoms with Gasteiger partial charge in [0.05, 0.1) is 24.7 Å². The molecule has 10 unspecified atom stereocenters. The Morgan fingerprint density at radius 3 is 2.41 bits per heavy atom. The van der Waals surface area contributed by atoms with Crippen molar-refractivity contribution < 1.29 is 19.7 Å². The molecule has 1 heterocycles. The highest BCUT2D eigenvalue weighted by Gasteiger charge is 2.60. The van der Waals surface area contributed by atoms with E-state index in [0.717, 1.165) is 25.7 Å². The molecule has 4 nitrogen and oxygen atoms in total. The molecule has 1 aliphatic heterocycles. The summed E-state index contributed by atoms with van der Waals surface area (Å²) in [7, 11) is 0. The third-order valence-electron chi connectivity index (χ3n) is 11.1. The topological polar surface area (TPSA) is 66.8 Å². The van der Waals surface area contributed by atoms with Gasteiger partial charge >= 0.3 is 5.97 Å². The third kappa shape index (κ3) is 3.96. The molecule has 0 aromatic carbocycles. The zero-order valence-corrected chi connectivity index (χ0v) is 21.2. The number of ether oxygens (including phenoxy) is 1. The number of cyclic esters (lactones) is 1. The summed E-state index contributed by atoms with van der Waals surface area (Å²) in [4.78, 5) is 12.9. The first-order chi connectivity index (χ1) is 15.1. The molecule has 4 rings (SSSR count). The Kier molecular flexibility index (Phi) is 7.05. The van der Waals surface area contributed by atoms with Gasteiger partial charge in [-0.3, -0.25) is 4.79 Å². The number of carbonyl (C=O) groups excluding carboxylic acids is 1. The second kappa shape index (κ2) is 9.21. The summed E-state index contributed by atoms with van der Waals surface area (Å²) >= 11 is 0. The van der Waals surface area contributed by atoms with Crippen LogP contribution in [0, 0.1) is 52.3 Å². The van der Waals surface area contributed by atoms with Crippen LogP contribution in [0.15, 0.2) is 0 Å². The van der Waals surface area contributed by atoms with Crippen LogP contribution in [0.25, 0.3) is 0 Å². The molecule has 184 valence electrons. The van der Waals surface area contributed by atoms with Crippen molar-refractivity contribution in [2.75, 3.05) is 6.61 Å². The largest absolute Gasteiger partial charge is 0.465 e. The molecular formula is C28H48O4. The van der Waals surface area contributed by atoms with Crippen LogP contribution in [-0.2, 0) is 9.53 Å². The average molecular weight is 449 g/mol. The molecular weight excluding hydrogens is 400 g/mol. The highest BCUT2D eigenvalue weighted by molar-refractivity contribution is 5.74. The first kappa shape index (κ1) is 24.5. The molecule has 2 N–H and O–H groups in total. The van der Waals surface area contributed by atoms with Crippen molar-refractivity contribution in [3.8, 4) is 0 Å². The predicted octanol–water partition coefficient (Wildman–Crippen LogP) is 5.59. The zero-order chi connectivity index (χ0) is 23.3. The average Bonchev–Trinajstić information content (AvgIpc) is 3.02. The van der Waals surface area contributed by atoms with Gasteiger partial charge < -0.3 is 14.9 Å². The highest BCUT2D eigenvalue weighted by atomic mass is 16.5. The fourth-order valence-corrected chi connectivity index (χ4v) is 9.13. The summed E-state index contributed by atoms with van der Waals surface area (Å²) in [5.41, 5.74) is 0.274. The van der Waals surface area contributed by atoms with E-state index >= 15 is 0 Å². The van der Waals surface area contributed by atoms with Gasteiger partial charge in [0, 0.05) is 0 Å². The molecule has 10 atom stereocenters. The molecule has 0 aromatic rings. The number of hydrogen-bond donors (Lipinski definition) is 2. The summed E-state index contributed by atoms with van der Waals surface area (Å²) < 4.78 is 5.96. The van der Waals surface area contributed by atoms with Crippen molar-refractivity contribution >= 4 is 5.97 Å². The third-order valence-corrected chi connectivity index (χ3v) is 11.1. The fourth-order valence-electron chi connectivity index (χ4n) is 9.13. The lowest BCUT2D eigenvalue weighted by molar-refractivity contribution is -0.153. The van der Waals surface area contributed by atoms with Crippen LogP contribution in [-0.4, -0.2) is 35.0 Å². The number of hydrogen-bond acceptors (Lipinski definition) is 4. The normalized spacial score (nSPS) is 44.6. The van der Waals surface area contributed by atoms with Gasteiger partial charge in [0.15, 0.2) is 0 Å². The Labute approximate surface area is 195 Å². The predicted molar refractivity (Wildman–Crippen MR) is 127 cm³/mol. The molecule has 3 aliphatic carbocycles. The van der Waals surface area contributed by atoms with E-state index in [1.165, 1.54) is 32.1 Å². The molecule has 4 fully saturated rings. The van der Waals surface area contributed by atoms with E-state index in [4.69, 9.17) is 4.74 Å². The van der Waals surface area contributed by atoms with E-state index in [1.807, 2.05) is 0 Å². The van der Waals surface area contributed by atoms with Crippen molar-refractivity contribution in [2.45, 2.75) is 111 Å². The van der Waals surface area contributed by atoms with Gasteiger partial charge in [-0.15, -0.1) is 0 Å². The summed E-state index contributed by atoms with van der Waals surface area (Å²) in [6.45, 7) is 11.8. The molecule has 1 saturated heterocycles. The van der Waals surface area contributed by atoms with Crippen LogP contribution in [0.2, 0.25) is 0 Å².